The zero-order valence-electron chi connectivity index (χ0n) is 7.24. The normalized spacial score (nSPS) is 16.4. The molecule has 4 nitrogen and oxygen atoms in total. The third-order valence-corrected chi connectivity index (χ3v) is 2.31. The average Bonchev–Trinajstić information content (AvgIpc) is 2.82. The average molecular weight is 202 g/mol. The van der Waals surface area contributed by atoms with Crippen LogP contribution in [0, 0.1) is 5.92 Å². The maximum Gasteiger partial charge on any atom is 0.164 e. The van der Waals surface area contributed by atoms with E-state index in [0.717, 1.165) is 12.5 Å². The molecule has 5 heteroatoms. The molecule has 2 rings (SSSR count). The summed E-state index contributed by atoms with van der Waals surface area (Å²) in [6.07, 6.45) is 4.26. The van der Waals surface area contributed by atoms with Gasteiger partial charge in [0.1, 0.15) is 11.8 Å². The summed E-state index contributed by atoms with van der Waals surface area (Å²) < 4.78 is 7.01. The number of halogens is 1. The number of aromatic nitrogens is 2. The van der Waals surface area contributed by atoms with Crippen LogP contribution >= 0.6 is 11.6 Å². The van der Waals surface area contributed by atoms with Gasteiger partial charge in [-0.05, 0) is 18.8 Å². The van der Waals surface area contributed by atoms with Crippen molar-refractivity contribution in [2.24, 2.45) is 5.92 Å². The molecule has 13 heavy (non-hydrogen) atoms. The van der Waals surface area contributed by atoms with Crippen LogP contribution in [0.4, 0.5) is 5.82 Å². The van der Waals surface area contributed by atoms with Crippen LogP contribution in [-0.4, -0.2) is 16.4 Å². The Labute approximate surface area is 81.6 Å². The Balaban J connectivity index is 1.79. The van der Waals surface area contributed by atoms with Crippen molar-refractivity contribution in [1.29, 1.82) is 0 Å². The Hall–Kier alpha value is -0.740. The van der Waals surface area contributed by atoms with Gasteiger partial charge >= 0.3 is 0 Å². The van der Waals surface area contributed by atoms with E-state index in [0.29, 0.717) is 17.6 Å². The predicted molar refractivity (Wildman–Crippen MR) is 50.3 cm³/mol. The zero-order chi connectivity index (χ0) is 9.26. The quantitative estimate of drug-likeness (QED) is 0.804. The highest BCUT2D eigenvalue weighted by molar-refractivity contribution is 6.32. The van der Waals surface area contributed by atoms with Gasteiger partial charge in [0, 0.05) is 6.20 Å². The van der Waals surface area contributed by atoms with E-state index in [4.69, 9.17) is 22.1 Å². The summed E-state index contributed by atoms with van der Waals surface area (Å²) >= 11 is 5.72. The number of rotatable bonds is 4. The summed E-state index contributed by atoms with van der Waals surface area (Å²) in [5.41, 5.74) is 5.47. The minimum atomic E-state index is 0.358. The molecule has 0 radical (unpaired) electrons. The molecule has 0 unspecified atom stereocenters. The number of nitrogens with two attached hydrogens (primary N) is 1. The molecule has 1 aromatic heterocycles. The van der Waals surface area contributed by atoms with E-state index >= 15 is 0 Å². The predicted octanol–water partition coefficient (Wildman–Crippen LogP) is 1.50. The van der Waals surface area contributed by atoms with Crippen LogP contribution < -0.4 is 5.73 Å². The molecule has 1 saturated carbocycles. The second-order valence-electron chi connectivity index (χ2n) is 3.35. The van der Waals surface area contributed by atoms with E-state index in [1.54, 1.807) is 10.9 Å². The van der Waals surface area contributed by atoms with Gasteiger partial charge in [-0.2, -0.15) is 5.10 Å². The summed E-state index contributed by atoms with van der Waals surface area (Å²) in [5.74, 6) is 1.13. The highest BCUT2D eigenvalue weighted by Gasteiger charge is 2.21. The lowest BCUT2D eigenvalue weighted by Crippen LogP contribution is -2.05. The zero-order valence-corrected chi connectivity index (χ0v) is 8.00. The Morgan fingerprint density at radius 1 is 1.69 bits per heavy atom. The molecule has 0 amide bonds. The van der Waals surface area contributed by atoms with Crippen LogP contribution in [0.15, 0.2) is 6.20 Å². The van der Waals surface area contributed by atoms with Crippen molar-refractivity contribution in [3.8, 4) is 0 Å². The lowest BCUT2D eigenvalue weighted by molar-refractivity contribution is 0.0614. The van der Waals surface area contributed by atoms with Crippen LogP contribution in [0.2, 0.25) is 5.02 Å². The van der Waals surface area contributed by atoms with Crippen molar-refractivity contribution >= 4 is 17.4 Å². The van der Waals surface area contributed by atoms with E-state index < -0.39 is 0 Å². The maximum atomic E-state index is 5.72. The number of anilines is 1. The molecule has 1 fully saturated rings. The largest absolute Gasteiger partial charge is 0.381 e. The molecule has 1 heterocycles. The van der Waals surface area contributed by atoms with Gasteiger partial charge in [-0.15, -0.1) is 0 Å². The topological polar surface area (TPSA) is 53.1 Å². The van der Waals surface area contributed by atoms with Crippen molar-refractivity contribution in [2.75, 3.05) is 12.3 Å². The monoisotopic (exact) mass is 201 g/mol. The van der Waals surface area contributed by atoms with Gasteiger partial charge in [0.2, 0.25) is 0 Å². The highest BCUT2D eigenvalue weighted by Crippen LogP contribution is 2.28. The van der Waals surface area contributed by atoms with Crippen molar-refractivity contribution in [1.82, 2.24) is 9.78 Å². The van der Waals surface area contributed by atoms with E-state index in [9.17, 15) is 0 Å². The Morgan fingerprint density at radius 2 is 2.46 bits per heavy atom. The van der Waals surface area contributed by atoms with Crippen LogP contribution in [0.25, 0.3) is 0 Å². The van der Waals surface area contributed by atoms with Gasteiger partial charge in [-0.3, -0.25) is 0 Å². The van der Waals surface area contributed by atoms with Crippen LogP contribution in [0.3, 0.4) is 0 Å². The van der Waals surface area contributed by atoms with Crippen molar-refractivity contribution < 1.29 is 4.74 Å². The van der Waals surface area contributed by atoms with Crippen molar-refractivity contribution in [2.45, 2.75) is 19.6 Å². The fourth-order valence-corrected chi connectivity index (χ4v) is 1.23. The van der Waals surface area contributed by atoms with Gasteiger partial charge < -0.3 is 10.5 Å². The Kier molecular flexibility index (Phi) is 2.42. The molecule has 1 aromatic rings. The molecule has 2 N–H and O–H groups in total. The number of hydrogen-bond acceptors (Lipinski definition) is 3. The van der Waals surface area contributed by atoms with Gasteiger partial charge in [0.05, 0.1) is 6.61 Å². The third-order valence-electron chi connectivity index (χ3n) is 2.02. The number of hydrogen-bond donors (Lipinski definition) is 1. The van der Waals surface area contributed by atoms with E-state index in [1.807, 2.05) is 0 Å². The van der Waals surface area contributed by atoms with Crippen LogP contribution in [-0.2, 0) is 11.5 Å². The van der Waals surface area contributed by atoms with E-state index in [-0.39, 0.29) is 0 Å². The van der Waals surface area contributed by atoms with Gasteiger partial charge in [0.15, 0.2) is 5.82 Å². The molecule has 0 saturated heterocycles. The third kappa shape index (κ3) is 2.35. The maximum absolute atomic E-state index is 5.72. The first-order valence-electron chi connectivity index (χ1n) is 4.32. The number of ether oxygens (including phenoxy) is 1. The molecule has 1 aliphatic carbocycles. The molecule has 0 atom stereocenters. The summed E-state index contributed by atoms with van der Waals surface area (Å²) in [4.78, 5) is 0. The van der Waals surface area contributed by atoms with Gasteiger partial charge in [-0.1, -0.05) is 11.6 Å². The first-order chi connectivity index (χ1) is 6.25. The highest BCUT2D eigenvalue weighted by atomic mass is 35.5. The molecular formula is C8H12ClN3O. The SMILES string of the molecule is Nc1nn(COCC2CC2)cc1Cl. The van der Waals surface area contributed by atoms with Crippen molar-refractivity contribution in [3.63, 3.8) is 0 Å². The molecule has 0 bridgehead atoms. The second kappa shape index (κ2) is 3.55. The molecule has 72 valence electrons. The molecule has 0 aromatic carbocycles. The number of nitrogens with zero attached hydrogens (tertiary/aromatic N) is 2. The van der Waals surface area contributed by atoms with Crippen LogP contribution in [0.1, 0.15) is 12.8 Å². The molecule has 1 aliphatic rings. The van der Waals surface area contributed by atoms with E-state index in [2.05, 4.69) is 5.10 Å². The fraction of sp³-hybridized carbons (Fsp3) is 0.625. The van der Waals surface area contributed by atoms with Gasteiger partial charge in [0.25, 0.3) is 0 Å². The second-order valence-corrected chi connectivity index (χ2v) is 3.75. The first-order valence-corrected chi connectivity index (χ1v) is 4.69. The van der Waals surface area contributed by atoms with Gasteiger partial charge in [-0.25, -0.2) is 4.68 Å². The van der Waals surface area contributed by atoms with Crippen molar-refractivity contribution in [3.05, 3.63) is 11.2 Å². The smallest absolute Gasteiger partial charge is 0.164 e. The number of nitrogen functional groups attached to an aromatic ring is 1. The fourth-order valence-electron chi connectivity index (χ4n) is 1.08. The molecular weight excluding hydrogens is 190 g/mol. The van der Waals surface area contributed by atoms with Crippen LogP contribution in [0.5, 0.6) is 0 Å². The summed E-state index contributed by atoms with van der Waals surface area (Å²) in [6.45, 7) is 1.25. The summed E-state index contributed by atoms with van der Waals surface area (Å²) in [6, 6.07) is 0. The molecule has 0 spiro atoms. The lowest BCUT2D eigenvalue weighted by Gasteiger charge is -2.01. The summed E-state index contributed by atoms with van der Waals surface area (Å²) in [5, 5.41) is 4.45. The summed E-state index contributed by atoms with van der Waals surface area (Å²) in [7, 11) is 0. The van der Waals surface area contributed by atoms with E-state index in [1.165, 1.54) is 12.8 Å². The first kappa shape index (κ1) is 8.84. The standard InChI is InChI=1S/C8H12ClN3O/c9-7-3-12(11-8(7)10)5-13-4-6-1-2-6/h3,6H,1-2,4-5H2,(H2,10,11). The Morgan fingerprint density at radius 3 is 3.00 bits per heavy atom. The lowest BCUT2D eigenvalue weighted by atomic mass is 10.5. The molecule has 0 aliphatic heterocycles. The Bertz CT molecular complexity index is 276. The minimum absolute atomic E-state index is 0.358. The minimum Gasteiger partial charge on any atom is -0.381 e.